The van der Waals surface area contributed by atoms with Crippen molar-refractivity contribution in [2.24, 2.45) is 0 Å². The lowest BCUT2D eigenvalue weighted by Crippen LogP contribution is -2.17. The quantitative estimate of drug-likeness (QED) is 0.894. The molecule has 0 unspecified atom stereocenters. The van der Waals surface area contributed by atoms with Gasteiger partial charge in [-0.05, 0) is 24.7 Å². The molecule has 0 aromatic carbocycles. The summed E-state index contributed by atoms with van der Waals surface area (Å²) in [6, 6.07) is 4.16. The van der Waals surface area contributed by atoms with Gasteiger partial charge < -0.3 is 5.32 Å². The first kappa shape index (κ1) is 12.7. The van der Waals surface area contributed by atoms with Gasteiger partial charge in [-0.25, -0.2) is 14.6 Å². The summed E-state index contributed by atoms with van der Waals surface area (Å²) < 4.78 is 1.69. The Bertz CT molecular complexity index is 511. The number of nitrogens with zero attached hydrogens (tertiary/aromatic N) is 4. The average molecular weight is 245 g/mol. The van der Waals surface area contributed by atoms with Gasteiger partial charge in [0.2, 0.25) is 0 Å². The van der Waals surface area contributed by atoms with Gasteiger partial charge >= 0.3 is 0 Å². The van der Waals surface area contributed by atoms with Gasteiger partial charge in [0.1, 0.15) is 12.7 Å². The standard InChI is InChI=1S/C13H19N5/c1-13(2,3)11-5-10(7-14-4)6-12(17-11)18-9-15-8-16-18/h5-6,8-9,14H,7H2,1-4H3. The molecule has 0 saturated heterocycles. The van der Waals surface area contributed by atoms with E-state index in [0.29, 0.717) is 0 Å². The molecule has 0 amide bonds. The van der Waals surface area contributed by atoms with Gasteiger partial charge in [0, 0.05) is 17.7 Å². The zero-order valence-corrected chi connectivity index (χ0v) is 11.3. The predicted molar refractivity (Wildman–Crippen MR) is 70.6 cm³/mol. The van der Waals surface area contributed by atoms with Crippen LogP contribution in [0.25, 0.3) is 5.82 Å². The second-order valence-electron chi connectivity index (χ2n) is 5.34. The lowest BCUT2D eigenvalue weighted by molar-refractivity contribution is 0.564. The first-order valence-corrected chi connectivity index (χ1v) is 6.02. The minimum atomic E-state index is 0.0130. The number of hydrogen-bond acceptors (Lipinski definition) is 4. The SMILES string of the molecule is CNCc1cc(-n2cncn2)nc(C(C)(C)C)c1. The highest BCUT2D eigenvalue weighted by Gasteiger charge is 2.17. The summed E-state index contributed by atoms with van der Waals surface area (Å²) in [5.41, 5.74) is 2.27. The van der Waals surface area contributed by atoms with Crippen LogP contribution in [0, 0.1) is 0 Å². The fourth-order valence-corrected chi connectivity index (χ4v) is 1.71. The molecule has 2 heterocycles. The maximum atomic E-state index is 4.66. The Morgan fingerprint density at radius 2 is 2.06 bits per heavy atom. The van der Waals surface area contributed by atoms with Crippen LogP contribution in [0.15, 0.2) is 24.8 Å². The van der Waals surface area contributed by atoms with Gasteiger partial charge in [-0.3, -0.25) is 0 Å². The van der Waals surface area contributed by atoms with Gasteiger partial charge in [-0.2, -0.15) is 5.10 Å². The fraction of sp³-hybridized carbons (Fsp3) is 0.462. The number of hydrogen-bond donors (Lipinski definition) is 1. The van der Waals surface area contributed by atoms with Crippen molar-refractivity contribution in [2.45, 2.75) is 32.7 Å². The minimum absolute atomic E-state index is 0.0130. The van der Waals surface area contributed by atoms with E-state index in [2.05, 4.69) is 47.2 Å². The Kier molecular flexibility index (Phi) is 3.43. The molecule has 5 nitrogen and oxygen atoms in total. The molecule has 0 bridgehead atoms. The van der Waals surface area contributed by atoms with Gasteiger partial charge in [-0.15, -0.1) is 0 Å². The summed E-state index contributed by atoms with van der Waals surface area (Å²) in [4.78, 5) is 8.62. The molecule has 0 saturated carbocycles. The summed E-state index contributed by atoms with van der Waals surface area (Å²) in [5.74, 6) is 0.810. The molecule has 0 aliphatic heterocycles. The van der Waals surface area contributed by atoms with Crippen molar-refractivity contribution in [3.8, 4) is 5.82 Å². The van der Waals surface area contributed by atoms with Crippen LogP contribution in [0.4, 0.5) is 0 Å². The molecular formula is C13H19N5. The van der Waals surface area contributed by atoms with E-state index in [0.717, 1.165) is 18.1 Å². The molecule has 0 spiro atoms. The summed E-state index contributed by atoms with van der Waals surface area (Å²) in [6.07, 6.45) is 3.18. The maximum Gasteiger partial charge on any atom is 0.155 e. The van der Waals surface area contributed by atoms with Crippen LogP contribution in [0.2, 0.25) is 0 Å². The molecule has 0 aliphatic rings. The van der Waals surface area contributed by atoms with Crippen LogP contribution in [0.5, 0.6) is 0 Å². The summed E-state index contributed by atoms with van der Waals surface area (Å²) in [7, 11) is 1.94. The van der Waals surface area contributed by atoms with E-state index in [9.17, 15) is 0 Å². The topological polar surface area (TPSA) is 55.6 Å². The van der Waals surface area contributed by atoms with E-state index >= 15 is 0 Å². The van der Waals surface area contributed by atoms with Crippen molar-refractivity contribution in [2.75, 3.05) is 7.05 Å². The Balaban J connectivity index is 2.50. The highest BCUT2D eigenvalue weighted by molar-refractivity contribution is 5.32. The molecule has 18 heavy (non-hydrogen) atoms. The molecule has 96 valence electrons. The zero-order chi connectivity index (χ0) is 13.2. The van der Waals surface area contributed by atoms with E-state index in [1.807, 2.05) is 13.1 Å². The van der Waals surface area contributed by atoms with E-state index < -0.39 is 0 Å². The van der Waals surface area contributed by atoms with E-state index in [1.165, 1.54) is 11.9 Å². The molecule has 0 atom stereocenters. The van der Waals surface area contributed by atoms with Crippen LogP contribution in [-0.2, 0) is 12.0 Å². The number of pyridine rings is 1. The Hall–Kier alpha value is -1.75. The molecule has 2 aromatic rings. The van der Waals surface area contributed by atoms with Crippen molar-refractivity contribution < 1.29 is 0 Å². The molecular weight excluding hydrogens is 226 g/mol. The highest BCUT2D eigenvalue weighted by atomic mass is 15.3. The molecule has 2 aromatic heterocycles. The largest absolute Gasteiger partial charge is 0.316 e. The van der Waals surface area contributed by atoms with Crippen molar-refractivity contribution in [3.05, 3.63) is 36.0 Å². The maximum absolute atomic E-state index is 4.66. The monoisotopic (exact) mass is 245 g/mol. The average Bonchev–Trinajstić information content (AvgIpc) is 2.81. The van der Waals surface area contributed by atoms with Crippen molar-refractivity contribution in [3.63, 3.8) is 0 Å². The predicted octanol–water partition coefficient (Wildman–Crippen LogP) is 1.68. The number of rotatable bonds is 3. The third kappa shape index (κ3) is 2.73. The molecule has 0 fully saturated rings. The lowest BCUT2D eigenvalue weighted by Gasteiger charge is -2.19. The Morgan fingerprint density at radius 3 is 2.61 bits per heavy atom. The number of nitrogens with one attached hydrogen (secondary N) is 1. The van der Waals surface area contributed by atoms with Crippen molar-refractivity contribution in [1.29, 1.82) is 0 Å². The molecule has 0 radical (unpaired) electrons. The molecule has 2 rings (SSSR count). The first-order chi connectivity index (χ1) is 8.50. The fourth-order valence-electron chi connectivity index (χ4n) is 1.71. The zero-order valence-electron chi connectivity index (χ0n) is 11.3. The smallest absolute Gasteiger partial charge is 0.155 e. The van der Waals surface area contributed by atoms with Crippen LogP contribution >= 0.6 is 0 Å². The van der Waals surface area contributed by atoms with Gasteiger partial charge in [0.25, 0.3) is 0 Å². The van der Waals surface area contributed by atoms with Gasteiger partial charge in [0.05, 0.1) is 0 Å². The normalized spacial score (nSPS) is 11.8. The van der Waals surface area contributed by atoms with Crippen molar-refractivity contribution >= 4 is 0 Å². The molecule has 0 aliphatic carbocycles. The van der Waals surface area contributed by atoms with E-state index in [4.69, 9.17) is 0 Å². The Labute approximate surface area is 107 Å². The molecule has 1 N–H and O–H groups in total. The van der Waals surface area contributed by atoms with Crippen LogP contribution in [-0.4, -0.2) is 26.8 Å². The second-order valence-corrected chi connectivity index (χ2v) is 5.34. The van der Waals surface area contributed by atoms with Crippen LogP contribution in [0.3, 0.4) is 0 Å². The third-order valence-electron chi connectivity index (χ3n) is 2.67. The summed E-state index contributed by atoms with van der Waals surface area (Å²) >= 11 is 0. The Morgan fingerprint density at radius 1 is 1.28 bits per heavy atom. The van der Waals surface area contributed by atoms with Gasteiger partial charge in [0.15, 0.2) is 5.82 Å². The summed E-state index contributed by atoms with van der Waals surface area (Å²) in [6.45, 7) is 7.28. The number of aromatic nitrogens is 4. The van der Waals surface area contributed by atoms with Crippen LogP contribution in [0.1, 0.15) is 32.0 Å². The summed E-state index contributed by atoms with van der Waals surface area (Å²) in [5, 5.41) is 7.30. The third-order valence-corrected chi connectivity index (χ3v) is 2.67. The van der Waals surface area contributed by atoms with Gasteiger partial charge in [-0.1, -0.05) is 20.8 Å². The molecule has 5 heteroatoms. The first-order valence-electron chi connectivity index (χ1n) is 6.02. The minimum Gasteiger partial charge on any atom is -0.316 e. The second kappa shape index (κ2) is 4.86. The van der Waals surface area contributed by atoms with E-state index in [1.54, 1.807) is 11.0 Å². The van der Waals surface area contributed by atoms with Crippen LogP contribution < -0.4 is 5.32 Å². The highest BCUT2D eigenvalue weighted by Crippen LogP contribution is 2.22. The van der Waals surface area contributed by atoms with Crippen molar-refractivity contribution in [1.82, 2.24) is 25.1 Å². The van der Waals surface area contributed by atoms with E-state index in [-0.39, 0.29) is 5.41 Å². The lowest BCUT2D eigenvalue weighted by atomic mass is 9.90.